The van der Waals surface area contributed by atoms with Crippen molar-refractivity contribution in [3.63, 3.8) is 0 Å². The van der Waals surface area contributed by atoms with Crippen LogP contribution in [0.2, 0.25) is 0 Å². The van der Waals surface area contributed by atoms with Crippen molar-refractivity contribution in [2.75, 3.05) is 0 Å². The molecular weight excluding hydrogens is 151 g/mol. The second-order valence-electron chi connectivity index (χ2n) is 2.74. The monoisotopic (exact) mass is 159 g/mol. The summed E-state index contributed by atoms with van der Waals surface area (Å²) in [7, 11) is 0. The molecule has 0 fully saturated rings. The summed E-state index contributed by atoms with van der Waals surface area (Å²) in [6.07, 6.45) is 0. The van der Waals surface area contributed by atoms with Gasteiger partial charge in [-0.2, -0.15) is 0 Å². The van der Waals surface area contributed by atoms with E-state index in [1.54, 1.807) is 6.07 Å². The summed E-state index contributed by atoms with van der Waals surface area (Å²) in [4.78, 5) is 0. The van der Waals surface area contributed by atoms with Gasteiger partial charge in [-0.1, -0.05) is 24.3 Å². The van der Waals surface area contributed by atoms with Gasteiger partial charge in [-0.15, -0.1) is 0 Å². The molecule has 0 aromatic heterocycles. The molecule has 0 unspecified atom stereocenters. The minimum atomic E-state index is -0.394. The van der Waals surface area contributed by atoms with Crippen molar-refractivity contribution in [2.45, 2.75) is 6.67 Å². The molecule has 2 aromatic rings. The van der Waals surface area contributed by atoms with Crippen molar-refractivity contribution in [2.24, 2.45) is 0 Å². The van der Waals surface area contributed by atoms with Crippen LogP contribution < -0.4 is 0 Å². The Labute approximate surface area is 70.6 Å². The third kappa shape index (κ3) is 1.18. The lowest BCUT2D eigenvalue weighted by Gasteiger charge is -1.98. The van der Waals surface area contributed by atoms with Crippen molar-refractivity contribution < 1.29 is 4.39 Å². The fourth-order valence-corrected chi connectivity index (χ4v) is 1.26. The molecule has 0 spiro atoms. The molecule has 0 saturated heterocycles. The summed E-state index contributed by atoms with van der Waals surface area (Å²) in [6.45, 7) is -0.394. The van der Waals surface area contributed by atoms with Crippen LogP contribution in [0.3, 0.4) is 0 Å². The summed E-state index contributed by atoms with van der Waals surface area (Å²) in [5.74, 6) is 0. The molecule has 59 valence electrons. The highest BCUT2D eigenvalue weighted by atomic mass is 19.1. The van der Waals surface area contributed by atoms with Crippen LogP contribution in [-0.2, 0) is 6.67 Å². The average Bonchev–Trinajstić information content (AvgIpc) is 2.17. The van der Waals surface area contributed by atoms with Gasteiger partial charge < -0.3 is 0 Å². The van der Waals surface area contributed by atoms with E-state index in [-0.39, 0.29) is 0 Å². The van der Waals surface area contributed by atoms with Crippen LogP contribution in [0.15, 0.2) is 36.4 Å². The van der Waals surface area contributed by atoms with Gasteiger partial charge in [-0.3, -0.25) is 0 Å². The van der Waals surface area contributed by atoms with Crippen LogP contribution in [0.1, 0.15) is 5.56 Å². The third-order valence-electron chi connectivity index (χ3n) is 1.90. The Morgan fingerprint density at radius 3 is 2.92 bits per heavy atom. The zero-order valence-corrected chi connectivity index (χ0v) is 6.55. The quantitative estimate of drug-likeness (QED) is 0.599. The van der Waals surface area contributed by atoms with Crippen LogP contribution in [0.25, 0.3) is 10.8 Å². The summed E-state index contributed by atoms with van der Waals surface area (Å²) in [6, 6.07) is 14.2. The molecule has 0 saturated carbocycles. The van der Waals surface area contributed by atoms with E-state index in [2.05, 4.69) is 6.07 Å². The number of halogens is 1. The Balaban J connectivity index is 2.67. The van der Waals surface area contributed by atoms with E-state index in [1.807, 2.05) is 30.3 Å². The zero-order chi connectivity index (χ0) is 8.39. The Morgan fingerprint density at radius 2 is 2.08 bits per heavy atom. The van der Waals surface area contributed by atoms with E-state index in [9.17, 15) is 4.39 Å². The summed E-state index contributed by atoms with van der Waals surface area (Å²) in [5, 5.41) is 2.18. The number of benzene rings is 2. The molecule has 0 atom stereocenters. The lowest BCUT2D eigenvalue weighted by molar-refractivity contribution is 0.485. The van der Waals surface area contributed by atoms with Crippen molar-refractivity contribution >= 4 is 10.8 Å². The van der Waals surface area contributed by atoms with Gasteiger partial charge in [0.2, 0.25) is 0 Å². The molecule has 12 heavy (non-hydrogen) atoms. The number of hydrogen-bond donors (Lipinski definition) is 0. The number of fused-ring (bicyclic) bond motifs is 1. The fourth-order valence-electron chi connectivity index (χ4n) is 1.26. The van der Waals surface area contributed by atoms with Crippen molar-refractivity contribution in [1.29, 1.82) is 0 Å². The summed E-state index contributed by atoms with van der Waals surface area (Å²) < 4.78 is 12.2. The van der Waals surface area contributed by atoms with E-state index in [0.717, 1.165) is 16.3 Å². The second-order valence-corrected chi connectivity index (χ2v) is 2.74. The fraction of sp³-hybridized carbons (Fsp3) is 0.0909. The van der Waals surface area contributed by atoms with Crippen molar-refractivity contribution in [3.05, 3.63) is 48.0 Å². The van der Waals surface area contributed by atoms with E-state index in [1.165, 1.54) is 0 Å². The third-order valence-corrected chi connectivity index (χ3v) is 1.90. The van der Waals surface area contributed by atoms with Crippen LogP contribution >= 0.6 is 0 Å². The first-order valence-electron chi connectivity index (χ1n) is 3.85. The van der Waals surface area contributed by atoms with E-state index < -0.39 is 6.67 Å². The molecule has 0 bridgehead atoms. The second kappa shape index (κ2) is 2.94. The van der Waals surface area contributed by atoms with Gasteiger partial charge in [-0.05, 0) is 34.5 Å². The van der Waals surface area contributed by atoms with Gasteiger partial charge in [0, 0.05) is 0 Å². The van der Waals surface area contributed by atoms with Gasteiger partial charge >= 0.3 is 0 Å². The SMILES string of the molecule is FCc1ccc2c[c]ccc2c1. The number of alkyl halides is 1. The van der Waals surface area contributed by atoms with Gasteiger partial charge in [0.15, 0.2) is 0 Å². The molecule has 0 N–H and O–H groups in total. The van der Waals surface area contributed by atoms with E-state index in [0.29, 0.717) is 0 Å². The van der Waals surface area contributed by atoms with Crippen molar-refractivity contribution in [1.82, 2.24) is 0 Å². The minimum absolute atomic E-state index is 0.394. The predicted molar refractivity (Wildman–Crippen MR) is 47.6 cm³/mol. The molecule has 0 aliphatic heterocycles. The van der Waals surface area contributed by atoms with Gasteiger partial charge in [0.05, 0.1) is 0 Å². The zero-order valence-electron chi connectivity index (χ0n) is 6.55. The summed E-state index contributed by atoms with van der Waals surface area (Å²) in [5.41, 5.74) is 0.730. The molecule has 0 heterocycles. The molecule has 0 aliphatic carbocycles. The Morgan fingerprint density at radius 1 is 1.17 bits per heavy atom. The predicted octanol–water partition coefficient (Wildman–Crippen LogP) is 3.11. The largest absolute Gasteiger partial charge is 0.246 e. The summed E-state index contributed by atoms with van der Waals surface area (Å²) >= 11 is 0. The van der Waals surface area contributed by atoms with Gasteiger partial charge in [0.1, 0.15) is 6.67 Å². The molecule has 1 heteroatoms. The maximum atomic E-state index is 12.2. The molecule has 0 aliphatic rings. The van der Waals surface area contributed by atoms with Crippen molar-refractivity contribution in [3.8, 4) is 0 Å². The first-order chi connectivity index (χ1) is 5.90. The lowest BCUT2D eigenvalue weighted by Crippen LogP contribution is -1.78. The highest BCUT2D eigenvalue weighted by Gasteiger charge is 1.93. The standard InChI is InChI=1S/C11H8F/c12-8-9-5-6-10-3-1-2-4-11(10)7-9/h2-7H,8H2. The first kappa shape index (κ1) is 7.29. The molecule has 2 aromatic carbocycles. The van der Waals surface area contributed by atoms with E-state index >= 15 is 0 Å². The van der Waals surface area contributed by atoms with Crippen LogP contribution in [0.5, 0.6) is 0 Å². The Hall–Kier alpha value is -1.37. The topological polar surface area (TPSA) is 0 Å². The molecule has 1 radical (unpaired) electrons. The minimum Gasteiger partial charge on any atom is -0.246 e. The molecular formula is C11H8F. The van der Waals surface area contributed by atoms with Gasteiger partial charge in [-0.25, -0.2) is 4.39 Å². The smallest absolute Gasteiger partial charge is 0.115 e. The maximum Gasteiger partial charge on any atom is 0.115 e. The maximum absolute atomic E-state index is 12.2. The first-order valence-corrected chi connectivity index (χ1v) is 3.85. The number of rotatable bonds is 1. The normalized spacial score (nSPS) is 10.4. The number of hydrogen-bond acceptors (Lipinski definition) is 0. The average molecular weight is 159 g/mol. The molecule has 0 nitrogen and oxygen atoms in total. The van der Waals surface area contributed by atoms with Gasteiger partial charge in [0.25, 0.3) is 0 Å². The van der Waals surface area contributed by atoms with Crippen LogP contribution in [0, 0.1) is 6.07 Å². The lowest BCUT2D eigenvalue weighted by atomic mass is 10.1. The van der Waals surface area contributed by atoms with Crippen LogP contribution in [0.4, 0.5) is 4.39 Å². The Kier molecular flexibility index (Phi) is 1.78. The molecule has 0 amide bonds. The highest BCUT2D eigenvalue weighted by Crippen LogP contribution is 2.15. The van der Waals surface area contributed by atoms with Crippen LogP contribution in [-0.4, -0.2) is 0 Å². The Bertz CT molecular complexity index is 393. The molecule has 2 rings (SSSR count). The van der Waals surface area contributed by atoms with E-state index in [4.69, 9.17) is 0 Å². The highest BCUT2D eigenvalue weighted by molar-refractivity contribution is 5.82.